The Morgan fingerprint density at radius 3 is 2.52 bits per heavy atom. The van der Waals surface area contributed by atoms with Crippen LogP contribution in [0.5, 0.6) is 0 Å². The molecule has 1 aliphatic heterocycles. The molecular formula is C15H15F2NO3. The number of nitrogens with zero attached hydrogens (tertiary/aromatic N) is 1. The monoisotopic (exact) mass is 295 g/mol. The number of hydrogen-bond acceptors (Lipinski definition) is 3. The molecule has 1 heterocycles. The van der Waals surface area contributed by atoms with Gasteiger partial charge < -0.3 is 9.64 Å². The van der Waals surface area contributed by atoms with Crippen LogP contribution in [0.2, 0.25) is 0 Å². The smallest absolute Gasteiger partial charge is 0.329 e. The Bertz CT molecular complexity index is 568. The van der Waals surface area contributed by atoms with E-state index >= 15 is 0 Å². The Kier molecular flexibility index (Phi) is 4.67. The molecule has 0 spiro atoms. The largest absolute Gasteiger partial charge is 0.459 e. The Hall–Kier alpha value is -2.24. The standard InChI is InChI=1S/C15H15F2NO3/c1-10(19)18-8-12(14(16)17)7-13(18)15(20)21-9-11-5-3-2-4-6-11/h2-6,13H,7-9H2,1H3/t13-/m0/s1. The molecule has 0 N–H and O–H groups in total. The zero-order valence-electron chi connectivity index (χ0n) is 11.5. The summed E-state index contributed by atoms with van der Waals surface area (Å²) in [6.07, 6.45) is -2.00. The Morgan fingerprint density at radius 1 is 1.29 bits per heavy atom. The third-order valence-electron chi connectivity index (χ3n) is 3.34. The zero-order chi connectivity index (χ0) is 15.4. The molecule has 1 fully saturated rings. The number of carbonyl (C=O) groups excluding carboxylic acids is 2. The lowest BCUT2D eigenvalue weighted by Gasteiger charge is -2.21. The van der Waals surface area contributed by atoms with Gasteiger partial charge in [-0.05, 0) is 5.56 Å². The summed E-state index contributed by atoms with van der Waals surface area (Å²) in [4.78, 5) is 24.6. The van der Waals surface area contributed by atoms with Crippen molar-refractivity contribution in [3.63, 3.8) is 0 Å². The highest BCUT2D eigenvalue weighted by Gasteiger charge is 2.38. The normalized spacial score (nSPS) is 17.8. The lowest BCUT2D eigenvalue weighted by atomic mass is 10.1. The summed E-state index contributed by atoms with van der Waals surface area (Å²) in [6.45, 7) is 1.08. The van der Waals surface area contributed by atoms with Gasteiger partial charge in [0.25, 0.3) is 6.08 Å². The van der Waals surface area contributed by atoms with Crippen molar-refractivity contribution >= 4 is 11.9 Å². The van der Waals surface area contributed by atoms with Crippen LogP contribution in [-0.4, -0.2) is 29.4 Å². The molecule has 0 unspecified atom stereocenters. The fourth-order valence-corrected chi connectivity index (χ4v) is 2.23. The first kappa shape index (κ1) is 15.2. The minimum Gasteiger partial charge on any atom is -0.459 e. The molecule has 0 aromatic heterocycles. The second-order valence-electron chi connectivity index (χ2n) is 4.82. The maximum atomic E-state index is 12.7. The molecule has 0 saturated carbocycles. The fraction of sp³-hybridized carbons (Fsp3) is 0.333. The molecule has 0 aliphatic carbocycles. The van der Waals surface area contributed by atoms with Gasteiger partial charge in [0.05, 0.1) is 0 Å². The van der Waals surface area contributed by atoms with Crippen molar-refractivity contribution in [2.45, 2.75) is 26.0 Å². The van der Waals surface area contributed by atoms with Gasteiger partial charge in [0, 0.05) is 25.5 Å². The van der Waals surface area contributed by atoms with Crippen molar-refractivity contribution in [2.24, 2.45) is 0 Å². The van der Waals surface area contributed by atoms with E-state index in [4.69, 9.17) is 4.74 Å². The number of benzene rings is 1. The number of carbonyl (C=O) groups is 2. The summed E-state index contributed by atoms with van der Waals surface area (Å²) in [5.41, 5.74) is 0.609. The molecule has 1 atom stereocenters. The van der Waals surface area contributed by atoms with E-state index in [2.05, 4.69) is 0 Å². The first-order valence-electron chi connectivity index (χ1n) is 6.50. The number of likely N-dealkylation sites (tertiary alicyclic amines) is 1. The van der Waals surface area contributed by atoms with Gasteiger partial charge in [-0.25, -0.2) is 4.79 Å². The third kappa shape index (κ3) is 3.65. The summed E-state index contributed by atoms with van der Waals surface area (Å²) in [5, 5.41) is 0. The number of amides is 1. The maximum Gasteiger partial charge on any atom is 0.329 e. The van der Waals surface area contributed by atoms with Gasteiger partial charge in [-0.3, -0.25) is 4.79 Å². The van der Waals surface area contributed by atoms with Crippen LogP contribution in [0.25, 0.3) is 0 Å². The number of halogens is 2. The molecule has 21 heavy (non-hydrogen) atoms. The SMILES string of the molecule is CC(=O)N1CC(=C(F)F)C[C@H]1C(=O)OCc1ccccc1. The van der Waals surface area contributed by atoms with Crippen LogP contribution < -0.4 is 0 Å². The minimum absolute atomic E-state index is 0.0546. The molecule has 6 heteroatoms. The van der Waals surface area contributed by atoms with Crippen LogP contribution in [0.15, 0.2) is 42.0 Å². The van der Waals surface area contributed by atoms with Crippen molar-refractivity contribution < 1.29 is 23.1 Å². The zero-order valence-corrected chi connectivity index (χ0v) is 11.5. The van der Waals surface area contributed by atoms with Crippen LogP contribution >= 0.6 is 0 Å². The number of rotatable bonds is 3. The topological polar surface area (TPSA) is 46.6 Å². The average Bonchev–Trinajstić information content (AvgIpc) is 2.91. The van der Waals surface area contributed by atoms with E-state index in [1.807, 2.05) is 6.07 Å². The van der Waals surface area contributed by atoms with Gasteiger partial charge in [0.2, 0.25) is 5.91 Å². The highest BCUT2D eigenvalue weighted by Crippen LogP contribution is 2.27. The molecule has 1 saturated heterocycles. The van der Waals surface area contributed by atoms with Crippen LogP contribution in [0.4, 0.5) is 8.78 Å². The van der Waals surface area contributed by atoms with Gasteiger partial charge in [-0.15, -0.1) is 0 Å². The summed E-state index contributed by atoms with van der Waals surface area (Å²) in [7, 11) is 0. The quantitative estimate of drug-likeness (QED) is 0.805. The summed E-state index contributed by atoms with van der Waals surface area (Å²) in [5.74, 6) is -1.08. The first-order valence-corrected chi connectivity index (χ1v) is 6.50. The predicted molar refractivity (Wildman–Crippen MR) is 71.3 cm³/mol. The third-order valence-corrected chi connectivity index (χ3v) is 3.34. The van der Waals surface area contributed by atoms with Crippen molar-refractivity contribution in [3.8, 4) is 0 Å². The minimum atomic E-state index is -1.83. The second kappa shape index (κ2) is 6.47. The van der Waals surface area contributed by atoms with Crippen LogP contribution in [-0.2, 0) is 20.9 Å². The first-order chi connectivity index (χ1) is 9.99. The maximum absolute atomic E-state index is 12.7. The van der Waals surface area contributed by atoms with E-state index in [0.717, 1.165) is 10.5 Å². The average molecular weight is 295 g/mol. The van der Waals surface area contributed by atoms with Crippen LogP contribution in [0, 0.1) is 0 Å². The number of hydrogen-bond donors (Lipinski definition) is 0. The Balaban J connectivity index is 2.03. The highest BCUT2D eigenvalue weighted by molar-refractivity contribution is 5.85. The molecule has 112 valence electrons. The second-order valence-corrected chi connectivity index (χ2v) is 4.82. The molecule has 1 aromatic rings. The van der Waals surface area contributed by atoms with Gasteiger partial charge >= 0.3 is 5.97 Å². The highest BCUT2D eigenvalue weighted by atomic mass is 19.3. The molecule has 0 radical (unpaired) electrons. The summed E-state index contributed by atoms with van der Waals surface area (Å²) < 4.78 is 30.4. The molecule has 2 rings (SSSR count). The predicted octanol–water partition coefficient (Wildman–Crippen LogP) is 2.50. The van der Waals surface area contributed by atoms with E-state index in [1.54, 1.807) is 24.3 Å². The summed E-state index contributed by atoms with van der Waals surface area (Å²) >= 11 is 0. The van der Waals surface area contributed by atoms with Gasteiger partial charge in [-0.1, -0.05) is 30.3 Å². The molecular weight excluding hydrogens is 280 g/mol. The van der Waals surface area contributed by atoms with Gasteiger partial charge in [-0.2, -0.15) is 8.78 Å². The lowest BCUT2D eigenvalue weighted by Crippen LogP contribution is -2.40. The molecule has 0 bridgehead atoms. The van der Waals surface area contributed by atoms with Crippen molar-refractivity contribution in [3.05, 3.63) is 47.5 Å². The van der Waals surface area contributed by atoms with Crippen molar-refractivity contribution in [1.82, 2.24) is 4.90 Å². The Labute approximate surface area is 121 Å². The Morgan fingerprint density at radius 2 is 1.95 bits per heavy atom. The van der Waals surface area contributed by atoms with Gasteiger partial charge in [0.15, 0.2) is 0 Å². The van der Waals surface area contributed by atoms with Gasteiger partial charge in [0.1, 0.15) is 12.6 Å². The van der Waals surface area contributed by atoms with Crippen LogP contribution in [0.1, 0.15) is 18.9 Å². The van der Waals surface area contributed by atoms with Crippen LogP contribution in [0.3, 0.4) is 0 Å². The summed E-state index contributed by atoms with van der Waals surface area (Å²) in [6, 6.07) is 8.05. The number of esters is 1. The van der Waals surface area contributed by atoms with E-state index in [1.165, 1.54) is 6.92 Å². The van der Waals surface area contributed by atoms with Crippen molar-refractivity contribution in [1.29, 1.82) is 0 Å². The fourth-order valence-electron chi connectivity index (χ4n) is 2.23. The van der Waals surface area contributed by atoms with E-state index in [9.17, 15) is 18.4 Å². The lowest BCUT2D eigenvalue weighted by molar-refractivity contribution is -0.154. The van der Waals surface area contributed by atoms with Crippen molar-refractivity contribution in [2.75, 3.05) is 6.54 Å². The molecule has 4 nitrogen and oxygen atoms in total. The van der Waals surface area contributed by atoms with E-state index < -0.39 is 24.0 Å². The molecule has 1 aliphatic rings. The van der Waals surface area contributed by atoms with E-state index in [-0.39, 0.29) is 25.1 Å². The number of ether oxygens (including phenoxy) is 1. The van der Waals surface area contributed by atoms with E-state index in [0.29, 0.717) is 0 Å². The molecule has 1 amide bonds. The molecule has 1 aromatic carbocycles.